The van der Waals surface area contributed by atoms with Crippen LogP contribution in [-0.2, 0) is 16.0 Å². The van der Waals surface area contributed by atoms with Crippen molar-refractivity contribution >= 4 is 5.91 Å². The summed E-state index contributed by atoms with van der Waals surface area (Å²) in [6, 6.07) is 3.43. The highest BCUT2D eigenvalue weighted by atomic mass is 16.6. The number of carbonyl (C=O) groups is 1. The molecule has 0 bridgehead atoms. The molecule has 3 rings (SSSR count). The van der Waals surface area contributed by atoms with Gasteiger partial charge in [0.15, 0.2) is 0 Å². The molecule has 132 valence electrons. The van der Waals surface area contributed by atoms with Crippen molar-refractivity contribution in [3.05, 3.63) is 33.7 Å². The van der Waals surface area contributed by atoms with Gasteiger partial charge in [0.25, 0.3) is 11.5 Å². The van der Waals surface area contributed by atoms with Crippen LogP contribution in [-0.4, -0.2) is 61.3 Å². The minimum atomic E-state index is -0.380. The van der Waals surface area contributed by atoms with Crippen LogP contribution in [0.1, 0.15) is 35.3 Å². The summed E-state index contributed by atoms with van der Waals surface area (Å²) in [6.45, 7) is 4.78. The predicted molar refractivity (Wildman–Crippen MR) is 89.1 cm³/mol. The second-order valence-electron chi connectivity index (χ2n) is 6.34. The molecule has 1 atom stereocenters. The lowest BCUT2D eigenvalue weighted by Crippen LogP contribution is -2.41. The van der Waals surface area contributed by atoms with E-state index in [0.717, 1.165) is 25.3 Å². The van der Waals surface area contributed by atoms with Gasteiger partial charge in [0.05, 0.1) is 25.9 Å². The molecule has 2 fully saturated rings. The van der Waals surface area contributed by atoms with E-state index in [1.165, 1.54) is 19.3 Å². The van der Waals surface area contributed by atoms with Gasteiger partial charge in [0.2, 0.25) is 0 Å². The van der Waals surface area contributed by atoms with Crippen LogP contribution >= 0.6 is 0 Å². The number of carbonyl (C=O) groups excluding carboxylic acids is 1. The largest absolute Gasteiger partial charge is 0.376 e. The molecule has 0 radical (unpaired) electrons. The quantitative estimate of drug-likeness (QED) is 0.819. The minimum absolute atomic E-state index is 0.133. The summed E-state index contributed by atoms with van der Waals surface area (Å²) in [6.07, 6.45) is 3.54. The van der Waals surface area contributed by atoms with Gasteiger partial charge in [-0.25, -0.2) is 0 Å². The van der Waals surface area contributed by atoms with E-state index >= 15 is 0 Å². The highest BCUT2D eigenvalue weighted by Crippen LogP contribution is 2.11. The van der Waals surface area contributed by atoms with E-state index in [0.29, 0.717) is 26.4 Å². The molecule has 24 heavy (non-hydrogen) atoms. The molecule has 2 aliphatic heterocycles. The van der Waals surface area contributed by atoms with Crippen LogP contribution in [0.4, 0.5) is 0 Å². The number of piperidine rings is 1. The topological polar surface area (TPSA) is 83.7 Å². The molecular weight excluding hydrogens is 310 g/mol. The lowest BCUT2D eigenvalue weighted by molar-refractivity contribution is -0.0855. The molecule has 0 saturated carbocycles. The fraction of sp³-hybridized carbons (Fsp3) is 0.647. The number of H-pyrrole nitrogens is 1. The van der Waals surface area contributed by atoms with E-state index in [1.54, 1.807) is 6.07 Å². The number of pyridine rings is 1. The summed E-state index contributed by atoms with van der Waals surface area (Å²) in [4.78, 5) is 29.5. The number of likely N-dealkylation sites (tertiary alicyclic amines) is 1. The Kier molecular flexibility index (Phi) is 6.01. The van der Waals surface area contributed by atoms with Gasteiger partial charge >= 0.3 is 0 Å². The van der Waals surface area contributed by atoms with Crippen LogP contribution in [0.2, 0.25) is 0 Å². The van der Waals surface area contributed by atoms with Crippen LogP contribution in [0.25, 0.3) is 0 Å². The van der Waals surface area contributed by atoms with Crippen molar-refractivity contribution in [3.8, 4) is 0 Å². The van der Waals surface area contributed by atoms with Gasteiger partial charge in [0.1, 0.15) is 5.56 Å². The molecule has 1 aromatic heterocycles. The first kappa shape index (κ1) is 17.1. The molecule has 0 aromatic carbocycles. The zero-order chi connectivity index (χ0) is 16.8. The first-order valence-electron chi connectivity index (χ1n) is 8.64. The number of rotatable bonds is 5. The highest BCUT2D eigenvalue weighted by Gasteiger charge is 2.18. The van der Waals surface area contributed by atoms with E-state index in [-0.39, 0.29) is 23.1 Å². The average molecular weight is 335 g/mol. The second kappa shape index (κ2) is 8.41. The van der Waals surface area contributed by atoms with Crippen molar-refractivity contribution in [2.24, 2.45) is 0 Å². The third-order valence-corrected chi connectivity index (χ3v) is 4.43. The Balaban J connectivity index is 1.55. The molecule has 1 aromatic rings. The highest BCUT2D eigenvalue weighted by molar-refractivity contribution is 5.93. The van der Waals surface area contributed by atoms with Crippen molar-refractivity contribution in [1.29, 1.82) is 0 Å². The average Bonchev–Trinajstić information content (AvgIpc) is 2.61. The fourth-order valence-electron chi connectivity index (χ4n) is 3.10. The molecule has 0 aliphatic carbocycles. The van der Waals surface area contributed by atoms with Crippen molar-refractivity contribution in [2.45, 2.75) is 31.9 Å². The van der Waals surface area contributed by atoms with Gasteiger partial charge in [-0.05, 0) is 38.1 Å². The molecule has 1 amide bonds. The van der Waals surface area contributed by atoms with Crippen LogP contribution in [0.3, 0.4) is 0 Å². The normalized spacial score (nSPS) is 22.2. The first-order chi connectivity index (χ1) is 11.7. The van der Waals surface area contributed by atoms with Gasteiger partial charge in [-0.15, -0.1) is 0 Å². The first-order valence-corrected chi connectivity index (χ1v) is 8.64. The number of aromatic amines is 1. The summed E-state index contributed by atoms with van der Waals surface area (Å²) >= 11 is 0. The van der Waals surface area contributed by atoms with Crippen molar-refractivity contribution in [3.63, 3.8) is 0 Å². The number of aromatic nitrogens is 1. The van der Waals surface area contributed by atoms with Gasteiger partial charge in [-0.1, -0.05) is 6.42 Å². The van der Waals surface area contributed by atoms with Gasteiger partial charge in [-0.3, -0.25) is 14.5 Å². The summed E-state index contributed by atoms with van der Waals surface area (Å²) < 4.78 is 10.7. The number of nitrogens with zero attached hydrogens (tertiary/aromatic N) is 1. The molecule has 2 aliphatic rings. The van der Waals surface area contributed by atoms with Crippen molar-refractivity contribution < 1.29 is 14.3 Å². The molecule has 3 heterocycles. The lowest BCUT2D eigenvalue weighted by atomic mass is 10.1. The van der Waals surface area contributed by atoms with E-state index < -0.39 is 0 Å². The maximum absolute atomic E-state index is 12.2. The SMILES string of the molecule is O=C(NCC1COCCO1)c1ccc(CN2CCCCC2)[nH]c1=O. The van der Waals surface area contributed by atoms with Crippen LogP contribution in [0.15, 0.2) is 16.9 Å². The molecule has 2 saturated heterocycles. The number of amides is 1. The summed E-state index contributed by atoms with van der Waals surface area (Å²) in [5, 5.41) is 2.74. The number of hydrogen-bond donors (Lipinski definition) is 2. The monoisotopic (exact) mass is 335 g/mol. The zero-order valence-electron chi connectivity index (χ0n) is 13.9. The number of ether oxygens (including phenoxy) is 2. The third-order valence-electron chi connectivity index (χ3n) is 4.43. The molecule has 1 unspecified atom stereocenters. The molecule has 2 N–H and O–H groups in total. The summed E-state index contributed by atoms with van der Waals surface area (Å²) in [7, 11) is 0. The van der Waals surface area contributed by atoms with E-state index in [2.05, 4.69) is 15.2 Å². The summed E-state index contributed by atoms with van der Waals surface area (Å²) in [5.41, 5.74) is 0.638. The molecule has 7 heteroatoms. The number of nitrogens with one attached hydrogen (secondary N) is 2. The lowest BCUT2D eigenvalue weighted by Gasteiger charge is -2.26. The smallest absolute Gasteiger partial charge is 0.261 e. The van der Waals surface area contributed by atoms with Gasteiger partial charge < -0.3 is 19.8 Å². The Labute approximate surface area is 141 Å². The Morgan fingerprint density at radius 1 is 1.25 bits per heavy atom. The second-order valence-corrected chi connectivity index (χ2v) is 6.34. The van der Waals surface area contributed by atoms with Gasteiger partial charge in [-0.2, -0.15) is 0 Å². The fourth-order valence-corrected chi connectivity index (χ4v) is 3.10. The number of hydrogen-bond acceptors (Lipinski definition) is 5. The predicted octanol–water partition coefficient (Wildman–Crippen LogP) is 0.506. The Morgan fingerprint density at radius 3 is 2.79 bits per heavy atom. The summed E-state index contributed by atoms with van der Waals surface area (Å²) in [5.74, 6) is -0.380. The standard InChI is InChI=1S/C17H25N3O4/c21-16(18-10-14-12-23-8-9-24-14)15-5-4-13(19-17(15)22)11-20-6-2-1-3-7-20/h4-5,14H,1-3,6-12H2,(H,18,21)(H,19,22). The van der Waals surface area contributed by atoms with Gasteiger partial charge in [0, 0.05) is 18.8 Å². The van der Waals surface area contributed by atoms with E-state index in [9.17, 15) is 9.59 Å². The van der Waals surface area contributed by atoms with E-state index in [1.807, 2.05) is 6.07 Å². The Morgan fingerprint density at radius 2 is 2.08 bits per heavy atom. The molecular formula is C17H25N3O4. The third kappa shape index (κ3) is 4.66. The zero-order valence-corrected chi connectivity index (χ0v) is 13.9. The minimum Gasteiger partial charge on any atom is -0.376 e. The van der Waals surface area contributed by atoms with Crippen molar-refractivity contribution in [1.82, 2.24) is 15.2 Å². The Hall–Kier alpha value is -1.70. The molecule has 7 nitrogen and oxygen atoms in total. The van der Waals surface area contributed by atoms with E-state index in [4.69, 9.17) is 9.47 Å². The van der Waals surface area contributed by atoms with Crippen LogP contribution in [0, 0.1) is 0 Å². The van der Waals surface area contributed by atoms with Crippen LogP contribution in [0.5, 0.6) is 0 Å². The van der Waals surface area contributed by atoms with Crippen molar-refractivity contribution in [2.75, 3.05) is 39.5 Å². The van der Waals surface area contributed by atoms with Crippen LogP contribution < -0.4 is 10.9 Å². The maximum Gasteiger partial charge on any atom is 0.261 e. The Bertz CT molecular complexity index is 604. The maximum atomic E-state index is 12.2. The molecule has 0 spiro atoms.